The second kappa shape index (κ2) is 7.27. The Balaban J connectivity index is 1.43. The SMILES string of the molecule is C[C@@H]1Cc2ccccc2CN1c1cc(C2CC2)nc(NCc2ccccc2)n1. The smallest absolute Gasteiger partial charge is 0.225 e. The maximum Gasteiger partial charge on any atom is 0.225 e. The molecule has 1 fully saturated rings. The van der Waals surface area contributed by atoms with Crippen LogP contribution >= 0.6 is 0 Å². The molecule has 1 aliphatic carbocycles. The average molecular weight is 370 g/mol. The van der Waals surface area contributed by atoms with Crippen LogP contribution < -0.4 is 10.2 Å². The van der Waals surface area contributed by atoms with E-state index in [2.05, 4.69) is 71.7 Å². The number of nitrogens with zero attached hydrogens (tertiary/aromatic N) is 3. The highest BCUT2D eigenvalue weighted by Gasteiger charge is 2.29. The van der Waals surface area contributed by atoms with E-state index in [9.17, 15) is 0 Å². The molecule has 1 aromatic heterocycles. The average Bonchev–Trinajstić information content (AvgIpc) is 3.58. The predicted octanol–water partition coefficient (Wildman–Crippen LogP) is 4.92. The van der Waals surface area contributed by atoms with Crippen molar-refractivity contribution in [1.82, 2.24) is 9.97 Å². The Bertz CT molecular complexity index is 965. The molecule has 3 aromatic rings. The predicted molar refractivity (Wildman–Crippen MR) is 114 cm³/mol. The quantitative estimate of drug-likeness (QED) is 0.692. The minimum Gasteiger partial charge on any atom is -0.350 e. The molecule has 0 amide bonds. The van der Waals surface area contributed by atoms with Crippen molar-refractivity contribution in [3.05, 3.63) is 83.0 Å². The molecule has 142 valence electrons. The first-order valence-electron chi connectivity index (χ1n) is 10.3. The minimum absolute atomic E-state index is 0.429. The summed E-state index contributed by atoms with van der Waals surface area (Å²) in [6.07, 6.45) is 3.55. The van der Waals surface area contributed by atoms with Gasteiger partial charge in [-0.05, 0) is 42.9 Å². The molecule has 2 aromatic carbocycles. The molecule has 0 radical (unpaired) electrons. The highest BCUT2D eigenvalue weighted by molar-refractivity contribution is 5.50. The summed E-state index contributed by atoms with van der Waals surface area (Å²) >= 11 is 0. The highest BCUT2D eigenvalue weighted by Crippen LogP contribution is 2.41. The second-order valence-corrected chi connectivity index (χ2v) is 8.04. The van der Waals surface area contributed by atoms with E-state index in [-0.39, 0.29) is 0 Å². The van der Waals surface area contributed by atoms with Crippen LogP contribution in [0.2, 0.25) is 0 Å². The van der Waals surface area contributed by atoms with Gasteiger partial charge in [-0.3, -0.25) is 0 Å². The van der Waals surface area contributed by atoms with Crippen molar-refractivity contribution in [2.75, 3.05) is 10.2 Å². The summed E-state index contributed by atoms with van der Waals surface area (Å²) in [6.45, 7) is 3.95. The molecule has 2 aliphatic rings. The zero-order chi connectivity index (χ0) is 18.9. The maximum atomic E-state index is 4.91. The Kier molecular flexibility index (Phi) is 4.47. The van der Waals surface area contributed by atoms with Gasteiger partial charge in [0.2, 0.25) is 5.95 Å². The van der Waals surface area contributed by atoms with Crippen LogP contribution in [0.1, 0.15) is 48.1 Å². The lowest BCUT2D eigenvalue weighted by Gasteiger charge is -2.36. The number of aromatic nitrogens is 2. The fourth-order valence-electron chi connectivity index (χ4n) is 4.03. The van der Waals surface area contributed by atoms with E-state index in [1.165, 1.54) is 35.2 Å². The fourth-order valence-corrected chi connectivity index (χ4v) is 4.03. The lowest BCUT2D eigenvalue weighted by molar-refractivity contribution is 0.586. The molecule has 0 spiro atoms. The Morgan fingerprint density at radius 2 is 1.71 bits per heavy atom. The molecular weight excluding hydrogens is 344 g/mol. The molecule has 2 heterocycles. The van der Waals surface area contributed by atoms with Gasteiger partial charge in [0.1, 0.15) is 5.82 Å². The van der Waals surface area contributed by atoms with Gasteiger partial charge in [-0.25, -0.2) is 4.98 Å². The number of anilines is 2. The summed E-state index contributed by atoms with van der Waals surface area (Å²) in [5.41, 5.74) is 5.30. The largest absolute Gasteiger partial charge is 0.350 e. The lowest BCUT2D eigenvalue weighted by atomic mass is 9.95. The lowest BCUT2D eigenvalue weighted by Crippen LogP contribution is -2.39. The summed E-state index contributed by atoms with van der Waals surface area (Å²) < 4.78 is 0. The zero-order valence-electron chi connectivity index (χ0n) is 16.3. The Morgan fingerprint density at radius 1 is 0.964 bits per heavy atom. The number of rotatable bonds is 5. The van der Waals surface area contributed by atoms with Gasteiger partial charge in [-0.2, -0.15) is 4.98 Å². The molecule has 1 saturated carbocycles. The summed E-state index contributed by atoms with van der Waals surface area (Å²) in [4.78, 5) is 12.2. The number of hydrogen-bond donors (Lipinski definition) is 1. The van der Waals surface area contributed by atoms with Crippen LogP contribution in [0.4, 0.5) is 11.8 Å². The van der Waals surface area contributed by atoms with E-state index in [1.54, 1.807) is 0 Å². The molecule has 1 atom stereocenters. The van der Waals surface area contributed by atoms with Gasteiger partial charge >= 0.3 is 0 Å². The van der Waals surface area contributed by atoms with Crippen molar-refractivity contribution in [1.29, 1.82) is 0 Å². The molecule has 5 rings (SSSR count). The van der Waals surface area contributed by atoms with Crippen molar-refractivity contribution in [3.8, 4) is 0 Å². The summed E-state index contributed by atoms with van der Waals surface area (Å²) in [5.74, 6) is 2.40. The fraction of sp³-hybridized carbons (Fsp3) is 0.333. The van der Waals surface area contributed by atoms with E-state index in [0.717, 1.165) is 31.3 Å². The Labute approximate surface area is 166 Å². The standard InChI is InChI=1S/C24H26N4/c1-17-13-20-9-5-6-10-21(20)16-28(17)23-14-22(19-11-12-19)26-24(27-23)25-15-18-7-3-2-4-8-18/h2-10,14,17,19H,11-13,15-16H2,1H3,(H,25,26,27)/t17-/m1/s1. The Hall–Kier alpha value is -2.88. The number of hydrogen-bond acceptors (Lipinski definition) is 4. The van der Waals surface area contributed by atoms with Gasteiger partial charge in [0, 0.05) is 31.1 Å². The van der Waals surface area contributed by atoms with Gasteiger partial charge in [0.25, 0.3) is 0 Å². The van der Waals surface area contributed by atoms with Crippen molar-refractivity contribution in [2.45, 2.75) is 51.2 Å². The third kappa shape index (κ3) is 3.59. The van der Waals surface area contributed by atoms with E-state index >= 15 is 0 Å². The monoisotopic (exact) mass is 370 g/mol. The van der Waals surface area contributed by atoms with E-state index in [4.69, 9.17) is 9.97 Å². The molecular formula is C24H26N4. The molecule has 4 nitrogen and oxygen atoms in total. The first kappa shape index (κ1) is 17.2. The van der Waals surface area contributed by atoms with Crippen LogP contribution in [0.5, 0.6) is 0 Å². The van der Waals surface area contributed by atoms with Crippen molar-refractivity contribution in [2.24, 2.45) is 0 Å². The maximum absolute atomic E-state index is 4.91. The Morgan fingerprint density at radius 3 is 2.50 bits per heavy atom. The summed E-state index contributed by atoms with van der Waals surface area (Å²) in [6, 6.07) is 21.9. The van der Waals surface area contributed by atoms with Gasteiger partial charge in [-0.15, -0.1) is 0 Å². The van der Waals surface area contributed by atoms with Crippen LogP contribution in [0.25, 0.3) is 0 Å². The molecule has 4 heteroatoms. The van der Waals surface area contributed by atoms with Crippen LogP contribution in [-0.2, 0) is 19.5 Å². The molecule has 0 unspecified atom stereocenters. The molecule has 0 bridgehead atoms. The summed E-state index contributed by atoms with van der Waals surface area (Å²) in [5, 5.41) is 3.45. The number of benzene rings is 2. The third-order valence-corrected chi connectivity index (χ3v) is 5.82. The van der Waals surface area contributed by atoms with Gasteiger partial charge in [0.15, 0.2) is 0 Å². The second-order valence-electron chi connectivity index (χ2n) is 8.04. The number of fused-ring (bicyclic) bond motifs is 1. The molecule has 1 N–H and O–H groups in total. The third-order valence-electron chi connectivity index (χ3n) is 5.82. The van der Waals surface area contributed by atoms with Crippen molar-refractivity contribution < 1.29 is 0 Å². The van der Waals surface area contributed by atoms with Crippen molar-refractivity contribution >= 4 is 11.8 Å². The molecule has 0 saturated heterocycles. The zero-order valence-corrected chi connectivity index (χ0v) is 16.3. The molecule has 28 heavy (non-hydrogen) atoms. The van der Waals surface area contributed by atoms with Gasteiger partial charge in [-0.1, -0.05) is 54.6 Å². The van der Waals surface area contributed by atoms with E-state index in [0.29, 0.717) is 12.0 Å². The highest BCUT2D eigenvalue weighted by atomic mass is 15.2. The van der Waals surface area contributed by atoms with Gasteiger partial charge < -0.3 is 10.2 Å². The van der Waals surface area contributed by atoms with Crippen molar-refractivity contribution in [3.63, 3.8) is 0 Å². The first-order chi connectivity index (χ1) is 13.8. The molecule has 1 aliphatic heterocycles. The van der Waals surface area contributed by atoms with E-state index < -0.39 is 0 Å². The number of nitrogens with one attached hydrogen (secondary N) is 1. The van der Waals surface area contributed by atoms with Crippen LogP contribution in [-0.4, -0.2) is 16.0 Å². The topological polar surface area (TPSA) is 41.1 Å². The van der Waals surface area contributed by atoms with Crippen LogP contribution in [0.3, 0.4) is 0 Å². The summed E-state index contributed by atoms with van der Waals surface area (Å²) in [7, 11) is 0. The van der Waals surface area contributed by atoms with Gasteiger partial charge in [0.05, 0.1) is 5.69 Å². The van der Waals surface area contributed by atoms with E-state index in [1.807, 2.05) is 6.07 Å². The normalized spacial score (nSPS) is 18.6. The first-order valence-corrected chi connectivity index (χ1v) is 10.3. The van der Waals surface area contributed by atoms with Crippen LogP contribution in [0, 0.1) is 0 Å². The minimum atomic E-state index is 0.429. The van der Waals surface area contributed by atoms with Crippen LogP contribution in [0.15, 0.2) is 60.7 Å².